The number of ether oxygens (including phenoxy) is 2. The van der Waals surface area contributed by atoms with Gasteiger partial charge in [-0.15, -0.1) is 12.4 Å². The van der Waals surface area contributed by atoms with Gasteiger partial charge in [-0.1, -0.05) is 11.6 Å². The number of benzene rings is 1. The van der Waals surface area contributed by atoms with Crippen molar-refractivity contribution in [2.24, 2.45) is 5.73 Å². The van der Waals surface area contributed by atoms with Crippen LogP contribution in [0.25, 0.3) is 0 Å². The molecule has 9 heteroatoms. The zero-order valence-corrected chi connectivity index (χ0v) is 17.0. The second kappa shape index (κ2) is 9.57. The highest BCUT2D eigenvalue weighted by atomic mass is 35.5. The molecule has 1 aromatic rings. The summed E-state index contributed by atoms with van der Waals surface area (Å²) in [5, 5.41) is 0.369. The molecule has 0 bridgehead atoms. The molecule has 0 saturated carbocycles. The molecule has 1 atom stereocenters. The van der Waals surface area contributed by atoms with Crippen LogP contribution in [-0.2, 0) is 14.8 Å². The van der Waals surface area contributed by atoms with Gasteiger partial charge in [0, 0.05) is 30.8 Å². The van der Waals surface area contributed by atoms with E-state index >= 15 is 0 Å². The molecule has 1 aromatic carbocycles. The van der Waals surface area contributed by atoms with Crippen LogP contribution in [0.5, 0.6) is 5.75 Å². The van der Waals surface area contributed by atoms with Crippen molar-refractivity contribution in [1.29, 1.82) is 0 Å². The van der Waals surface area contributed by atoms with Gasteiger partial charge in [-0.05, 0) is 50.3 Å². The smallest absolute Gasteiger partial charge is 0.246 e. The highest BCUT2D eigenvalue weighted by molar-refractivity contribution is 7.89. The van der Waals surface area contributed by atoms with E-state index in [0.717, 1.165) is 25.9 Å². The molecule has 2 heterocycles. The summed E-state index contributed by atoms with van der Waals surface area (Å²) < 4.78 is 39.0. The quantitative estimate of drug-likeness (QED) is 0.785. The monoisotopic (exact) mass is 424 g/mol. The molecule has 2 aliphatic rings. The van der Waals surface area contributed by atoms with E-state index in [1.165, 1.54) is 10.4 Å². The van der Waals surface area contributed by atoms with E-state index in [1.54, 1.807) is 12.1 Å². The third kappa shape index (κ3) is 5.24. The van der Waals surface area contributed by atoms with Crippen LogP contribution in [-0.4, -0.2) is 51.2 Å². The first-order valence-electron chi connectivity index (χ1n) is 8.76. The standard InChI is InChI=1S/C17H25ClN2O4S.ClH/c18-13-4-5-16(24-12-15-3-1-2-10-23-15)17(11-13)25(21,22)20-8-6-14(19)7-9-20;/h4-5,11,14-15H,1-3,6-10,12,19H2;1H. The third-order valence-electron chi connectivity index (χ3n) is 4.72. The van der Waals surface area contributed by atoms with E-state index in [9.17, 15) is 8.42 Å². The van der Waals surface area contributed by atoms with Crippen LogP contribution in [0.2, 0.25) is 5.02 Å². The van der Waals surface area contributed by atoms with Crippen LogP contribution < -0.4 is 10.5 Å². The van der Waals surface area contributed by atoms with Crippen LogP contribution >= 0.6 is 24.0 Å². The molecule has 0 spiro atoms. The average molecular weight is 425 g/mol. The SMILES string of the molecule is Cl.NC1CCN(S(=O)(=O)c2cc(Cl)ccc2OCC2CCCCO2)CC1. The van der Waals surface area contributed by atoms with E-state index in [1.807, 2.05) is 0 Å². The Morgan fingerprint density at radius 3 is 2.62 bits per heavy atom. The second-order valence-electron chi connectivity index (χ2n) is 6.63. The topological polar surface area (TPSA) is 81.9 Å². The molecule has 26 heavy (non-hydrogen) atoms. The van der Waals surface area contributed by atoms with Crippen molar-refractivity contribution < 1.29 is 17.9 Å². The molecule has 2 saturated heterocycles. The van der Waals surface area contributed by atoms with Crippen LogP contribution in [0.1, 0.15) is 32.1 Å². The van der Waals surface area contributed by atoms with Crippen molar-refractivity contribution in [1.82, 2.24) is 4.31 Å². The molecule has 2 fully saturated rings. The largest absolute Gasteiger partial charge is 0.489 e. The number of nitrogens with two attached hydrogens (primary N) is 1. The Bertz CT molecular complexity index is 688. The predicted octanol–water partition coefficient (Wildman–Crippen LogP) is 2.82. The van der Waals surface area contributed by atoms with E-state index in [2.05, 4.69) is 0 Å². The van der Waals surface area contributed by atoms with Gasteiger partial charge in [0.15, 0.2) is 0 Å². The summed E-state index contributed by atoms with van der Waals surface area (Å²) in [7, 11) is -3.66. The molecule has 148 valence electrons. The van der Waals surface area contributed by atoms with Gasteiger partial charge in [0.25, 0.3) is 0 Å². The maximum Gasteiger partial charge on any atom is 0.246 e. The van der Waals surface area contributed by atoms with Gasteiger partial charge in [-0.2, -0.15) is 4.31 Å². The molecule has 0 aromatic heterocycles. The van der Waals surface area contributed by atoms with E-state index in [-0.39, 0.29) is 29.4 Å². The fourth-order valence-electron chi connectivity index (χ4n) is 3.18. The number of nitrogens with zero attached hydrogens (tertiary/aromatic N) is 1. The number of rotatable bonds is 5. The number of halogens is 2. The Balaban J connectivity index is 0.00000243. The van der Waals surface area contributed by atoms with Crippen molar-refractivity contribution in [3.05, 3.63) is 23.2 Å². The normalized spacial score (nSPS) is 22.6. The van der Waals surface area contributed by atoms with E-state index in [4.69, 9.17) is 26.8 Å². The Morgan fingerprint density at radius 1 is 1.23 bits per heavy atom. The lowest BCUT2D eigenvalue weighted by Gasteiger charge is -2.30. The van der Waals surface area contributed by atoms with Crippen molar-refractivity contribution in [2.45, 2.75) is 49.1 Å². The maximum atomic E-state index is 13.0. The third-order valence-corrected chi connectivity index (χ3v) is 6.88. The highest BCUT2D eigenvalue weighted by Gasteiger charge is 2.31. The summed E-state index contributed by atoms with van der Waals surface area (Å²) in [5.74, 6) is 0.327. The zero-order chi connectivity index (χ0) is 17.9. The first-order valence-corrected chi connectivity index (χ1v) is 10.6. The van der Waals surface area contributed by atoms with Crippen LogP contribution in [0.3, 0.4) is 0 Å². The lowest BCUT2D eigenvalue weighted by molar-refractivity contribution is -0.0116. The van der Waals surface area contributed by atoms with E-state index in [0.29, 0.717) is 43.3 Å². The van der Waals surface area contributed by atoms with E-state index < -0.39 is 10.0 Å². The van der Waals surface area contributed by atoms with Gasteiger partial charge < -0.3 is 15.2 Å². The molecular formula is C17H26Cl2N2O4S. The summed E-state index contributed by atoms with van der Waals surface area (Å²) in [4.78, 5) is 0.117. The summed E-state index contributed by atoms with van der Waals surface area (Å²) in [5.41, 5.74) is 5.88. The van der Waals surface area contributed by atoms with Crippen molar-refractivity contribution in [3.8, 4) is 5.75 Å². The summed E-state index contributed by atoms with van der Waals surface area (Å²) >= 11 is 6.05. The van der Waals surface area contributed by atoms with Crippen LogP contribution in [0.15, 0.2) is 23.1 Å². The lowest BCUT2D eigenvalue weighted by atomic mass is 10.1. The van der Waals surface area contributed by atoms with Gasteiger partial charge in [-0.3, -0.25) is 0 Å². The minimum absolute atomic E-state index is 0. The first-order chi connectivity index (χ1) is 12.0. The number of hydrogen-bond donors (Lipinski definition) is 1. The fourth-order valence-corrected chi connectivity index (χ4v) is 5.04. The summed E-state index contributed by atoms with van der Waals surface area (Å²) in [6, 6.07) is 4.78. The zero-order valence-electron chi connectivity index (χ0n) is 14.6. The van der Waals surface area contributed by atoms with Crippen molar-refractivity contribution in [2.75, 3.05) is 26.3 Å². The Kier molecular flexibility index (Phi) is 8.00. The molecule has 0 amide bonds. The maximum absolute atomic E-state index is 13.0. The van der Waals surface area contributed by atoms with Crippen LogP contribution in [0.4, 0.5) is 0 Å². The number of piperidine rings is 1. The minimum atomic E-state index is -3.66. The Hall–Kier alpha value is -0.570. The highest BCUT2D eigenvalue weighted by Crippen LogP contribution is 2.31. The van der Waals surface area contributed by atoms with Gasteiger partial charge >= 0.3 is 0 Å². The molecular weight excluding hydrogens is 399 g/mol. The Morgan fingerprint density at radius 2 is 1.96 bits per heavy atom. The molecule has 0 radical (unpaired) electrons. The van der Waals surface area contributed by atoms with Crippen molar-refractivity contribution >= 4 is 34.0 Å². The van der Waals surface area contributed by atoms with Gasteiger partial charge in [0.2, 0.25) is 10.0 Å². The second-order valence-corrected chi connectivity index (χ2v) is 8.97. The van der Waals surface area contributed by atoms with Gasteiger partial charge in [0.05, 0.1) is 6.10 Å². The number of hydrogen-bond acceptors (Lipinski definition) is 5. The predicted molar refractivity (Wildman–Crippen MR) is 104 cm³/mol. The average Bonchev–Trinajstić information content (AvgIpc) is 2.62. The minimum Gasteiger partial charge on any atom is -0.489 e. The summed E-state index contributed by atoms with van der Waals surface area (Å²) in [6.45, 7) is 1.91. The summed E-state index contributed by atoms with van der Waals surface area (Å²) in [6.07, 6.45) is 4.42. The van der Waals surface area contributed by atoms with Gasteiger partial charge in [0.1, 0.15) is 17.3 Å². The number of sulfonamides is 1. The molecule has 2 N–H and O–H groups in total. The molecule has 0 aliphatic carbocycles. The van der Waals surface area contributed by atoms with Gasteiger partial charge in [-0.25, -0.2) is 8.42 Å². The molecule has 1 unspecified atom stereocenters. The molecule has 6 nitrogen and oxygen atoms in total. The first kappa shape index (κ1) is 21.7. The molecule has 2 aliphatic heterocycles. The van der Waals surface area contributed by atoms with Crippen molar-refractivity contribution in [3.63, 3.8) is 0 Å². The fraction of sp³-hybridized carbons (Fsp3) is 0.647. The lowest BCUT2D eigenvalue weighted by Crippen LogP contribution is -2.42. The van der Waals surface area contributed by atoms with Crippen LogP contribution in [0, 0.1) is 0 Å². The molecule has 3 rings (SSSR count). The Labute approximate surface area is 166 Å².